The molecule has 0 spiro atoms. The van der Waals surface area contributed by atoms with Gasteiger partial charge in [0, 0.05) is 32.3 Å². The highest BCUT2D eigenvalue weighted by Gasteiger charge is 2.19. The van der Waals surface area contributed by atoms with Gasteiger partial charge in [0.1, 0.15) is 0 Å². The standard InChI is InChI=1S/C15H34N2O/c1-5-6-7-8-9-10-15(13-16)17(14(2)3)11-12-18-4/h14-15H,5-13,16H2,1-4H3. The minimum atomic E-state index is 0.516. The fourth-order valence-corrected chi connectivity index (χ4v) is 2.46. The van der Waals surface area contributed by atoms with E-state index in [2.05, 4.69) is 25.7 Å². The van der Waals surface area contributed by atoms with Crippen molar-refractivity contribution in [2.75, 3.05) is 26.8 Å². The summed E-state index contributed by atoms with van der Waals surface area (Å²) < 4.78 is 5.19. The van der Waals surface area contributed by atoms with Gasteiger partial charge in [-0.15, -0.1) is 0 Å². The molecule has 0 fully saturated rings. The molecule has 1 unspecified atom stereocenters. The van der Waals surface area contributed by atoms with E-state index in [-0.39, 0.29) is 0 Å². The molecule has 0 heterocycles. The van der Waals surface area contributed by atoms with E-state index >= 15 is 0 Å². The summed E-state index contributed by atoms with van der Waals surface area (Å²) in [6.45, 7) is 9.30. The molecular weight excluding hydrogens is 224 g/mol. The van der Waals surface area contributed by atoms with Crippen molar-refractivity contribution in [3.8, 4) is 0 Å². The van der Waals surface area contributed by atoms with Crippen molar-refractivity contribution in [3.63, 3.8) is 0 Å². The summed E-state index contributed by atoms with van der Waals surface area (Å²) in [5.41, 5.74) is 5.94. The zero-order chi connectivity index (χ0) is 13.8. The lowest BCUT2D eigenvalue weighted by Crippen LogP contribution is -2.46. The van der Waals surface area contributed by atoms with Crippen LogP contribution in [0.15, 0.2) is 0 Å². The van der Waals surface area contributed by atoms with Gasteiger partial charge in [0.25, 0.3) is 0 Å². The predicted molar refractivity (Wildman–Crippen MR) is 79.9 cm³/mol. The van der Waals surface area contributed by atoms with Gasteiger partial charge in [-0.1, -0.05) is 39.0 Å². The summed E-state index contributed by atoms with van der Waals surface area (Å²) >= 11 is 0. The normalized spacial score (nSPS) is 13.5. The molecule has 0 aromatic carbocycles. The van der Waals surface area contributed by atoms with Crippen molar-refractivity contribution < 1.29 is 4.74 Å². The van der Waals surface area contributed by atoms with Crippen molar-refractivity contribution in [1.82, 2.24) is 4.90 Å². The Kier molecular flexibility index (Phi) is 11.9. The van der Waals surface area contributed by atoms with Crippen LogP contribution in [-0.4, -0.2) is 43.8 Å². The number of hydrogen-bond donors (Lipinski definition) is 1. The number of ether oxygens (including phenoxy) is 1. The highest BCUT2D eigenvalue weighted by Crippen LogP contribution is 2.13. The van der Waals surface area contributed by atoms with Crippen LogP contribution in [0.5, 0.6) is 0 Å². The first kappa shape index (κ1) is 17.9. The van der Waals surface area contributed by atoms with Crippen molar-refractivity contribution in [1.29, 1.82) is 0 Å². The van der Waals surface area contributed by atoms with E-state index in [1.165, 1.54) is 38.5 Å². The molecule has 0 amide bonds. The topological polar surface area (TPSA) is 38.5 Å². The third-order valence-electron chi connectivity index (χ3n) is 3.60. The molecule has 0 radical (unpaired) electrons. The summed E-state index contributed by atoms with van der Waals surface area (Å²) in [7, 11) is 1.76. The Morgan fingerprint density at radius 3 is 2.28 bits per heavy atom. The summed E-state index contributed by atoms with van der Waals surface area (Å²) in [5, 5.41) is 0. The second-order valence-corrected chi connectivity index (χ2v) is 5.42. The number of unbranched alkanes of at least 4 members (excludes halogenated alkanes) is 4. The number of nitrogens with two attached hydrogens (primary N) is 1. The van der Waals surface area contributed by atoms with E-state index in [9.17, 15) is 0 Å². The molecule has 18 heavy (non-hydrogen) atoms. The van der Waals surface area contributed by atoms with Crippen molar-refractivity contribution in [2.45, 2.75) is 71.4 Å². The molecule has 0 saturated carbocycles. The van der Waals surface area contributed by atoms with E-state index in [1.807, 2.05) is 0 Å². The fraction of sp³-hybridized carbons (Fsp3) is 1.00. The Labute approximate surface area is 114 Å². The maximum absolute atomic E-state index is 5.94. The largest absolute Gasteiger partial charge is 0.383 e. The van der Waals surface area contributed by atoms with Gasteiger partial charge in [-0.05, 0) is 20.3 Å². The summed E-state index contributed by atoms with van der Waals surface area (Å²) in [6, 6.07) is 1.06. The van der Waals surface area contributed by atoms with Gasteiger partial charge >= 0.3 is 0 Å². The third kappa shape index (κ3) is 8.06. The van der Waals surface area contributed by atoms with Gasteiger partial charge in [0.15, 0.2) is 0 Å². The zero-order valence-electron chi connectivity index (χ0n) is 13.0. The molecule has 3 nitrogen and oxygen atoms in total. The van der Waals surface area contributed by atoms with E-state index < -0.39 is 0 Å². The Bertz CT molecular complexity index is 174. The molecule has 0 saturated heterocycles. The van der Waals surface area contributed by atoms with Crippen LogP contribution < -0.4 is 5.73 Å². The van der Waals surface area contributed by atoms with Crippen LogP contribution in [0.1, 0.15) is 59.3 Å². The second-order valence-electron chi connectivity index (χ2n) is 5.42. The van der Waals surface area contributed by atoms with Gasteiger partial charge in [-0.25, -0.2) is 0 Å². The molecule has 0 rings (SSSR count). The molecule has 3 heteroatoms. The number of hydrogen-bond acceptors (Lipinski definition) is 3. The lowest BCUT2D eigenvalue weighted by Gasteiger charge is -2.34. The van der Waals surface area contributed by atoms with Gasteiger partial charge in [-0.2, -0.15) is 0 Å². The van der Waals surface area contributed by atoms with E-state index in [4.69, 9.17) is 10.5 Å². The van der Waals surface area contributed by atoms with Gasteiger partial charge in [-0.3, -0.25) is 4.90 Å². The Hall–Kier alpha value is -0.120. The van der Waals surface area contributed by atoms with Crippen LogP contribution in [-0.2, 0) is 4.74 Å². The van der Waals surface area contributed by atoms with Crippen LogP contribution in [0, 0.1) is 0 Å². The smallest absolute Gasteiger partial charge is 0.0589 e. The lowest BCUT2D eigenvalue weighted by atomic mass is 10.0. The van der Waals surface area contributed by atoms with Crippen LogP contribution >= 0.6 is 0 Å². The monoisotopic (exact) mass is 258 g/mol. The fourth-order valence-electron chi connectivity index (χ4n) is 2.46. The first-order valence-corrected chi connectivity index (χ1v) is 7.62. The molecule has 1 atom stereocenters. The zero-order valence-corrected chi connectivity index (χ0v) is 13.0. The molecule has 0 aromatic rings. The molecule has 2 N–H and O–H groups in total. The highest BCUT2D eigenvalue weighted by atomic mass is 16.5. The second kappa shape index (κ2) is 11.9. The van der Waals surface area contributed by atoms with Crippen molar-refractivity contribution in [2.24, 2.45) is 5.73 Å². The highest BCUT2D eigenvalue weighted by molar-refractivity contribution is 4.75. The molecule has 0 aromatic heterocycles. The molecule has 0 aliphatic heterocycles. The SMILES string of the molecule is CCCCCCCC(CN)N(CCOC)C(C)C. The van der Waals surface area contributed by atoms with Crippen LogP contribution in [0.3, 0.4) is 0 Å². The third-order valence-corrected chi connectivity index (χ3v) is 3.60. The predicted octanol–water partition coefficient (Wildman–Crippen LogP) is 3.03. The average molecular weight is 258 g/mol. The molecule has 0 bridgehead atoms. The Morgan fingerprint density at radius 1 is 1.11 bits per heavy atom. The van der Waals surface area contributed by atoms with E-state index in [0.717, 1.165) is 19.7 Å². The minimum Gasteiger partial charge on any atom is -0.383 e. The lowest BCUT2D eigenvalue weighted by molar-refractivity contribution is 0.0933. The first-order chi connectivity index (χ1) is 8.67. The molecule has 0 aliphatic rings. The van der Waals surface area contributed by atoms with E-state index in [1.54, 1.807) is 7.11 Å². The summed E-state index contributed by atoms with van der Waals surface area (Å²) in [6.07, 6.45) is 7.92. The summed E-state index contributed by atoms with van der Waals surface area (Å²) in [4.78, 5) is 2.49. The maximum Gasteiger partial charge on any atom is 0.0589 e. The van der Waals surface area contributed by atoms with Crippen LogP contribution in [0.2, 0.25) is 0 Å². The van der Waals surface area contributed by atoms with Gasteiger partial charge in [0.05, 0.1) is 6.61 Å². The van der Waals surface area contributed by atoms with Gasteiger partial charge < -0.3 is 10.5 Å². The first-order valence-electron chi connectivity index (χ1n) is 7.62. The summed E-state index contributed by atoms with van der Waals surface area (Å²) in [5.74, 6) is 0. The van der Waals surface area contributed by atoms with Gasteiger partial charge in [0.2, 0.25) is 0 Å². The minimum absolute atomic E-state index is 0.516. The van der Waals surface area contributed by atoms with Crippen molar-refractivity contribution in [3.05, 3.63) is 0 Å². The molecular formula is C15H34N2O. The number of rotatable bonds is 12. The van der Waals surface area contributed by atoms with Crippen molar-refractivity contribution >= 4 is 0 Å². The number of nitrogens with zero attached hydrogens (tertiary/aromatic N) is 1. The maximum atomic E-state index is 5.94. The Balaban J connectivity index is 3.99. The average Bonchev–Trinajstić information content (AvgIpc) is 2.36. The van der Waals surface area contributed by atoms with Crippen LogP contribution in [0.25, 0.3) is 0 Å². The van der Waals surface area contributed by atoms with Crippen LogP contribution in [0.4, 0.5) is 0 Å². The number of methoxy groups -OCH3 is 1. The Morgan fingerprint density at radius 2 is 1.78 bits per heavy atom. The van der Waals surface area contributed by atoms with E-state index in [0.29, 0.717) is 12.1 Å². The molecule has 0 aliphatic carbocycles. The quantitative estimate of drug-likeness (QED) is 0.547. The molecule has 110 valence electrons.